The molecule has 1 amide bonds. The summed E-state index contributed by atoms with van der Waals surface area (Å²) in [6, 6.07) is 8.79. The first-order valence-electron chi connectivity index (χ1n) is 9.73. The van der Waals surface area contributed by atoms with Crippen LogP contribution in [-0.4, -0.2) is 47.1 Å². The van der Waals surface area contributed by atoms with Crippen molar-refractivity contribution in [3.05, 3.63) is 65.3 Å². The van der Waals surface area contributed by atoms with E-state index < -0.39 is 17.4 Å². The van der Waals surface area contributed by atoms with Crippen molar-refractivity contribution in [2.45, 2.75) is 0 Å². The molecule has 0 radical (unpaired) electrons. The Morgan fingerprint density at radius 3 is 2.56 bits per heavy atom. The summed E-state index contributed by atoms with van der Waals surface area (Å²) in [5, 5.41) is 19.6. The van der Waals surface area contributed by atoms with Gasteiger partial charge in [0.2, 0.25) is 5.91 Å². The van der Waals surface area contributed by atoms with E-state index in [1.807, 2.05) is 6.07 Å². The van der Waals surface area contributed by atoms with Crippen LogP contribution >= 0.6 is 11.6 Å². The fourth-order valence-corrected chi connectivity index (χ4v) is 4.07. The first-order chi connectivity index (χ1) is 15.4. The zero-order chi connectivity index (χ0) is 23.0. The fraction of sp³-hybridized carbons (Fsp3) is 0.174. The number of amides is 1. The minimum atomic E-state index is -0.950. The van der Waals surface area contributed by atoms with Gasteiger partial charge in [0.25, 0.3) is 0 Å². The van der Waals surface area contributed by atoms with Gasteiger partial charge < -0.3 is 14.9 Å². The lowest BCUT2D eigenvalue weighted by atomic mass is 9.96. The quantitative estimate of drug-likeness (QED) is 0.598. The second-order valence-corrected chi connectivity index (χ2v) is 7.61. The van der Waals surface area contributed by atoms with Crippen LogP contribution in [-0.2, 0) is 4.79 Å². The van der Waals surface area contributed by atoms with Crippen molar-refractivity contribution in [3.8, 4) is 22.9 Å². The van der Waals surface area contributed by atoms with Crippen LogP contribution in [0.15, 0.2) is 43.0 Å². The van der Waals surface area contributed by atoms with Crippen LogP contribution in [0.1, 0.15) is 5.69 Å². The summed E-state index contributed by atoms with van der Waals surface area (Å²) in [5.41, 5.74) is 0.269. The van der Waals surface area contributed by atoms with E-state index >= 15 is 4.39 Å². The standard InChI is InChI=1S/C23H17ClF2N4O2/c1-2-18(32)29-8-10-30(11-9-29)23-19(13-4-3-5-17(31)21(13)25)16(12-27)28-15-7-6-14(24)22(26)20(15)23/h2-7,31H,1,8-11H2. The van der Waals surface area contributed by atoms with Gasteiger partial charge in [-0.05, 0) is 24.3 Å². The number of phenolic OH excluding ortho intramolecular Hbond substituents is 1. The number of hydrogen-bond acceptors (Lipinski definition) is 5. The van der Waals surface area contributed by atoms with Crippen molar-refractivity contribution < 1.29 is 18.7 Å². The molecule has 0 saturated carbocycles. The molecule has 1 aromatic heterocycles. The smallest absolute Gasteiger partial charge is 0.246 e. The third-order valence-corrected chi connectivity index (χ3v) is 5.74. The molecule has 4 rings (SSSR count). The zero-order valence-electron chi connectivity index (χ0n) is 16.8. The van der Waals surface area contributed by atoms with Gasteiger partial charge in [-0.3, -0.25) is 4.79 Å². The summed E-state index contributed by atoms with van der Waals surface area (Å²) >= 11 is 6.05. The zero-order valence-corrected chi connectivity index (χ0v) is 17.5. The van der Waals surface area contributed by atoms with Crippen molar-refractivity contribution in [2.75, 3.05) is 31.1 Å². The number of phenols is 1. The third-order valence-electron chi connectivity index (χ3n) is 5.45. The Hall–Kier alpha value is -3.70. The molecule has 0 atom stereocenters. The van der Waals surface area contributed by atoms with Crippen molar-refractivity contribution in [1.82, 2.24) is 9.88 Å². The van der Waals surface area contributed by atoms with Gasteiger partial charge in [0.15, 0.2) is 23.1 Å². The van der Waals surface area contributed by atoms with Crippen LogP contribution in [0.5, 0.6) is 5.75 Å². The molecule has 0 aliphatic carbocycles. The van der Waals surface area contributed by atoms with Crippen molar-refractivity contribution >= 4 is 34.1 Å². The summed E-state index contributed by atoms with van der Waals surface area (Å²) < 4.78 is 30.2. The average molecular weight is 455 g/mol. The van der Waals surface area contributed by atoms with Crippen LogP contribution in [0.25, 0.3) is 22.0 Å². The molecule has 162 valence electrons. The maximum atomic E-state index is 15.3. The van der Waals surface area contributed by atoms with E-state index in [4.69, 9.17) is 11.6 Å². The molecular weight excluding hydrogens is 438 g/mol. The Bertz CT molecular complexity index is 1300. The first-order valence-corrected chi connectivity index (χ1v) is 10.1. The monoisotopic (exact) mass is 454 g/mol. The minimum absolute atomic E-state index is 0.0396. The molecule has 1 aliphatic heterocycles. The molecule has 1 fully saturated rings. The molecule has 1 saturated heterocycles. The minimum Gasteiger partial charge on any atom is -0.505 e. The van der Waals surface area contributed by atoms with Gasteiger partial charge >= 0.3 is 0 Å². The molecule has 32 heavy (non-hydrogen) atoms. The number of nitriles is 1. The van der Waals surface area contributed by atoms with Gasteiger partial charge in [0, 0.05) is 37.3 Å². The number of piperazine rings is 1. The average Bonchev–Trinajstić information content (AvgIpc) is 2.82. The predicted octanol–water partition coefficient (Wildman–Crippen LogP) is 4.25. The summed E-state index contributed by atoms with van der Waals surface area (Å²) in [4.78, 5) is 19.6. The number of hydrogen-bond donors (Lipinski definition) is 1. The largest absolute Gasteiger partial charge is 0.505 e. The number of rotatable bonds is 3. The van der Waals surface area contributed by atoms with Crippen molar-refractivity contribution in [2.24, 2.45) is 0 Å². The number of carbonyl (C=O) groups excluding carboxylic acids is 1. The Morgan fingerprint density at radius 2 is 1.91 bits per heavy atom. The van der Waals surface area contributed by atoms with E-state index in [1.165, 1.54) is 36.4 Å². The highest BCUT2D eigenvalue weighted by Gasteiger charge is 2.29. The van der Waals surface area contributed by atoms with E-state index in [9.17, 15) is 19.6 Å². The summed E-state index contributed by atoms with van der Waals surface area (Å²) in [6.07, 6.45) is 1.22. The number of aromatic nitrogens is 1. The van der Waals surface area contributed by atoms with E-state index in [0.717, 1.165) is 0 Å². The normalized spacial score (nSPS) is 13.8. The van der Waals surface area contributed by atoms with Crippen LogP contribution in [0.2, 0.25) is 5.02 Å². The topological polar surface area (TPSA) is 80.5 Å². The van der Waals surface area contributed by atoms with Crippen molar-refractivity contribution in [3.63, 3.8) is 0 Å². The highest BCUT2D eigenvalue weighted by atomic mass is 35.5. The number of fused-ring (bicyclic) bond motifs is 1. The number of pyridine rings is 1. The van der Waals surface area contributed by atoms with Gasteiger partial charge in [-0.2, -0.15) is 5.26 Å². The Kier molecular flexibility index (Phi) is 5.68. The van der Waals surface area contributed by atoms with E-state index in [1.54, 1.807) is 9.80 Å². The molecule has 0 bridgehead atoms. The number of anilines is 1. The van der Waals surface area contributed by atoms with Gasteiger partial charge in [-0.25, -0.2) is 13.8 Å². The highest BCUT2D eigenvalue weighted by Crippen LogP contribution is 2.43. The van der Waals surface area contributed by atoms with Gasteiger partial charge in [0.05, 0.1) is 21.6 Å². The molecule has 1 aliphatic rings. The Morgan fingerprint density at radius 1 is 1.19 bits per heavy atom. The van der Waals surface area contributed by atoms with Gasteiger partial charge in [-0.1, -0.05) is 30.3 Å². The first kappa shape index (κ1) is 21.5. The SMILES string of the molecule is C=CC(=O)N1CCN(c2c(-c3cccc(O)c3F)c(C#N)nc3ccc(Cl)c(F)c23)CC1. The van der Waals surface area contributed by atoms with Crippen LogP contribution in [0.3, 0.4) is 0 Å². The molecule has 2 aromatic carbocycles. The second-order valence-electron chi connectivity index (χ2n) is 7.21. The predicted molar refractivity (Wildman–Crippen MR) is 117 cm³/mol. The van der Waals surface area contributed by atoms with Crippen LogP contribution in [0.4, 0.5) is 14.5 Å². The summed E-state index contributed by atoms with van der Waals surface area (Å²) in [5.74, 6) is -2.53. The van der Waals surface area contributed by atoms with Crippen LogP contribution in [0, 0.1) is 23.0 Å². The van der Waals surface area contributed by atoms with E-state index in [-0.39, 0.29) is 44.3 Å². The maximum Gasteiger partial charge on any atom is 0.246 e. The number of halogens is 3. The van der Waals surface area contributed by atoms with Gasteiger partial charge in [-0.15, -0.1) is 0 Å². The Labute approximate surface area is 187 Å². The summed E-state index contributed by atoms with van der Waals surface area (Å²) in [7, 11) is 0. The van der Waals surface area contributed by atoms with Gasteiger partial charge in [0.1, 0.15) is 6.07 Å². The fourth-order valence-electron chi connectivity index (χ4n) is 3.92. The molecule has 1 N–H and O–H groups in total. The Balaban J connectivity index is 2.02. The lowest BCUT2D eigenvalue weighted by Crippen LogP contribution is -2.48. The lowest BCUT2D eigenvalue weighted by molar-refractivity contribution is -0.126. The molecule has 0 unspecified atom stereocenters. The number of benzene rings is 2. The van der Waals surface area contributed by atoms with E-state index in [0.29, 0.717) is 26.2 Å². The molecular formula is C23H17ClF2N4O2. The molecule has 0 spiro atoms. The molecule has 3 aromatic rings. The lowest BCUT2D eigenvalue weighted by Gasteiger charge is -2.37. The van der Waals surface area contributed by atoms with E-state index in [2.05, 4.69) is 11.6 Å². The number of aromatic hydroxyl groups is 1. The molecule has 6 nitrogen and oxygen atoms in total. The molecule has 9 heteroatoms. The second kappa shape index (κ2) is 8.44. The van der Waals surface area contributed by atoms with Crippen LogP contribution < -0.4 is 4.90 Å². The third kappa shape index (κ3) is 3.51. The number of nitrogens with zero attached hydrogens (tertiary/aromatic N) is 4. The van der Waals surface area contributed by atoms with Crippen molar-refractivity contribution in [1.29, 1.82) is 5.26 Å². The number of carbonyl (C=O) groups is 1. The maximum absolute atomic E-state index is 15.3. The molecule has 2 heterocycles. The summed E-state index contributed by atoms with van der Waals surface area (Å²) in [6.45, 7) is 4.72. The highest BCUT2D eigenvalue weighted by molar-refractivity contribution is 6.31.